The minimum atomic E-state index is -0.605. The van der Waals surface area contributed by atoms with Crippen molar-refractivity contribution in [1.82, 2.24) is 4.90 Å². The SMILES string of the molecule is CC(C)(C)c1oc(C(N)=O)cc1CN1C[C@H]2C[C@H](O)[C@@H](O)C[C@H]2C1. The lowest BCUT2D eigenvalue weighted by molar-refractivity contribution is -0.0372. The first-order valence-electron chi connectivity index (χ1n) is 8.66. The number of hydrogen-bond acceptors (Lipinski definition) is 5. The lowest BCUT2D eigenvalue weighted by Gasteiger charge is -2.32. The van der Waals surface area contributed by atoms with Gasteiger partial charge in [-0.2, -0.15) is 0 Å². The summed E-state index contributed by atoms with van der Waals surface area (Å²) in [7, 11) is 0. The van der Waals surface area contributed by atoms with E-state index in [2.05, 4.69) is 25.7 Å². The fraction of sp³-hybridized carbons (Fsp3) is 0.722. The van der Waals surface area contributed by atoms with Crippen LogP contribution in [0.2, 0.25) is 0 Å². The highest BCUT2D eigenvalue weighted by Gasteiger charge is 2.41. The molecule has 1 amide bonds. The summed E-state index contributed by atoms with van der Waals surface area (Å²) in [6.07, 6.45) is 0.108. The summed E-state index contributed by atoms with van der Waals surface area (Å²) in [6.45, 7) is 8.65. The minimum absolute atomic E-state index is 0.206. The Labute approximate surface area is 142 Å². The number of hydrogen-bond donors (Lipinski definition) is 3. The van der Waals surface area contributed by atoms with Crippen molar-refractivity contribution in [2.24, 2.45) is 17.6 Å². The maximum atomic E-state index is 11.5. The number of rotatable bonds is 3. The molecular weight excluding hydrogens is 308 g/mol. The van der Waals surface area contributed by atoms with Crippen LogP contribution in [0.5, 0.6) is 0 Å². The van der Waals surface area contributed by atoms with Crippen molar-refractivity contribution in [2.75, 3.05) is 13.1 Å². The fourth-order valence-electron chi connectivity index (χ4n) is 4.18. The van der Waals surface area contributed by atoms with E-state index in [4.69, 9.17) is 10.2 Å². The number of likely N-dealkylation sites (tertiary alicyclic amines) is 1. The van der Waals surface area contributed by atoms with Crippen LogP contribution >= 0.6 is 0 Å². The molecule has 1 aliphatic carbocycles. The molecule has 1 aliphatic heterocycles. The van der Waals surface area contributed by atoms with Gasteiger partial charge in [0.2, 0.25) is 0 Å². The Morgan fingerprint density at radius 1 is 1.25 bits per heavy atom. The largest absolute Gasteiger partial charge is 0.455 e. The van der Waals surface area contributed by atoms with Crippen molar-refractivity contribution in [2.45, 2.75) is 57.8 Å². The highest BCUT2D eigenvalue weighted by atomic mass is 16.4. The molecule has 1 aromatic rings. The number of nitrogens with two attached hydrogens (primary N) is 1. The summed E-state index contributed by atoms with van der Waals surface area (Å²) in [5, 5.41) is 19.8. The van der Waals surface area contributed by atoms with E-state index in [0.717, 1.165) is 24.4 Å². The van der Waals surface area contributed by atoms with Gasteiger partial charge in [-0.25, -0.2) is 0 Å². The van der Waals surface area contributed by atoms with Crippen LogP contribution in [0.3, 0.4) is 0 Å². The third-order valence-corrected chi connectivity index (χ3v) is 5.31. The Bertz CT molecular complexity index is 601. The van der Waals surface area contributed by atoms with Crippen molar-refractivity contribution in [3.63, 3.8) is 0 Å². The molecule has 0 aromatic carbocycles. The van der Waals surface area contributed by atoms with Crippen molar-refractivity contribution >= 4 is 5.91 Å². The molecule has 4 N–H and O–H groups in total. The Hall–Kier alpha value is -1.37. The van der Waals surface area contributed by atoms with Gasteiger partial charge >= 0.3 is 0 Å². The van der Waals surface area contributed by atoms with Gasteiger partial charge in [0.05, 0.1) is 12.2 Å². The van der Waals surface area contributed by atoms with Gasteiger partial charge in [0.15, 0.2) is 5.76 Å². The lowest BCUT2D eigenvalue weighted by atomic mass is 9.79. The Morgan fingerprint density at radius 3 is 2.25 bits per heavy atom. The van der Waals surface area contributed by atoms with Crippen LogP contribution in [0.1, 0.15) is 55.5 Å². The topological polar surface area (TPSA) is 99.9 Å². The van der Waals surface area contributed by atoms with E-state index >= 15 is 0 Å². The maximum absolute atomic E-state index is 11.5. The maximum Gasteiger partial charge on any atom is 0.284 e. The number of aliphatic hydroxyl groups is 2. The van der Waals surface area contributed by atoms with Crippen molar-refractivity contribution in [1.29, 1.82) is 0 Å². The second kappa shape index (κ2) is 6.17. The van der Waals surface area contributed by atoms with Crippen LogP contribution < -0.4 is 5.73 Å². The third kappa shape index (κ3) is 3.36. The molecular formula is C18H28N2O4. The van der Waals surface area contributed by atoms with Crippen LogP contribution in [-0.2, 0) is 12.0 Å². The van der Waals surface area contributed by atoms with Crippen molar-refractivity contribution < 1.29 is 19.4 Å². The van der Waals surface area contributed by atoms with E-state index in [9.17, 15) is 15.0 Å². The van der Waals surface area contributed by atoms with Gasteiger partial charge in [-0.1, -0.05) is 20.8 Å². The zero-order chi connectivity index (χ0) is 17.6. The van der Waals surface area contributed by atoms with E-state index in [1.807, 2.05) is 0 Å². The van der Waals surface area contributed by atoms with Crippen LogP contribution in [-0.4, -0.2) is 46.3 Å². The summed E-state index contributed by atoms with van der Waals surface area (Å²) in [5.41, 5.74) is 6.16. The van der Waals surface area contributed by atoms with Crippen molar-refractivity contribution in [3.05, 3.63) is 23.2 Å². The van der Waals surface area contributed by atoms with Gasteiger partial charge in [-0.05, 0) is 30.7 Å². The molecule has 6 nitrogen and oxygen atoms in total. The molecule has 134 valence electrons. The van der Waals surface area contributed by atoms with E-state index in [1.54, 1.807) is 6.07 Å². The first-order valence-corrected chi connectivity index (χ1v) is 8.66. The highest BCUT2D eigenvalue weighted by Crippen LogP contribution is 2.38. The van der Waals surface area contributed by atoms with Gasteiger partial charge in [0.1, 0.15) is 5.76 Å². The molecule has 2 aliphatic rings. The quantitative estimate of drug-likeness (QED) is 0.771. The monoisotopic (exact) mass is 336 g/mol. The second-order valence-electron chi connectivity index (χ2n) is 8.40. The summed E-state index contributed by atoms with van der Waals surface area (Å²) >= 11 is 0. The number of furan rings is 1. The Balaban J connectivity index is 1.76. The predicted octanol–water partition coefficient (Wildman–Crippen LogP) is 1.24. The number of primary amides is 1. The van der Waals surface area contributed by atoms with Crippen LogP contribution in [0.4, 0.5) is 0 Å². The molecule has 2 fully saturated rings. The molecule has 6 heteroatoms. The normalized spacial score (nSPS) is 31.2. The summed E-state index contributed by atoms with van der Waals surface area (Å²) in [4.78, 5) is 13.8. The van der Waals surface area contributed by atoms with Crippen LogP contribution in [0, 0.1) is 11.8 Å². The van der Waals surface area contributed by atoms with Gasteiger partial charge in [0, 0.05) is 30.6 Å². The number of carbonyl (C=O) groups is 1. The van der Waals surface area contributed by atoms with Gasteiger partial charge < -0.3 is 20.4 Å². The van der Waals surface area contributed by atoms with E-state index in [-0.39, 0.29) is 11.2 Å². The molecule has 0 spiro atoms. The number of aliphatic hydroxyl groups excluding tert-OH is 2. The molecule has 1 saturated carbocycles. The number of carbonyl (C=O) groups excluding carboxylic acids is 1. The molecule has 24 heavy (non-hydrogen) atoms. The predicted molar refractivity (Wildman–Crippen MR) is 89.4 cm³/mol. The fourth-order valence-corrected chi connectivity index (χ4v) is 4.18. The first-order chi connectivity index (χ1) is 11.1. The molecule has 4 atom stereocenters. The standard InChI is InChI=1S/C18H28N2O4/c1-18(2,3)16-12(6-15(24-16)17(19)23)9-20-7-10-4-13(21)14(22)5-11(10)8-20/h6,10-11,13-14,21-22H,4-5,7-9H2,1-3H3,(H2,19,23)/t10-,11+,13-,14-/m0/s1. The number of fused-ring (bicyclic) bond motifs is 1. The van der Waals surface area contributed by atoms with E-state index in [1.165, 1.54) is 0 Å². The van der Waals surface area contributed by atoms with Gasteiger partial charge in [-0.3, -0.25) is 9.69 Å². The zero-order valence-corrected chi connectivity index (χ0v) is 14.7. The van der Waals surface area contributed by atoms with Crippen LogP contribution in [0.25, 0.3) is 0 Å². The van der Waals surface area contributed by atoms with Crippen LogP contribution in [0.15, 0.2) is 10.5 Å². The van der Waals surface area contributed by atoms with E-state index in [0.29, 0.717) is 31.2 Å². The van der Waals surface area contributed by atoms with E-state index < -0.39 is 18.1 Å². The Morgan fingerprint density at radius 2 is 1.79 bits per heavy atom. The molecule has 3 rings (SSSR count). The smallest absolute Gasteiger partial charge is 0.284 e. The number of amides is 1. The Kier molecular flexibility index (Phi) is 4.49. The molecule has 1 aromatic heterocycles. The second-order valence-corrected chi connectivity index (χ2v) is 8.40. The molecule has 1 saturated heterocycles. The third-order valence-electron chi connectivity index (χ3n) is 5.31. The van der Waals surface area contributed by atoms with Gasteiger partial charge in [0.25, 0.3) is 5.91 Å². The van der Waals surface area contributed by atoms with Gasteiger partial charge in [-0.15, -0.1) is 0 Å². The summed E-state index contributed by atoms with van der Waals surface area (Å²) < 4.78 is 5.72. The lowest BCUT2D eigenvalue weighted by Crippen LogP contribution is -2.38. The molecule has 0 radical (unpaired) electrons. The summed E-state index contributed by atoms with van der Waals surface area (Å²) in [6, 6.07) is 1.76. The highest BCUT2D eigenvalue weighted by molar-refractivity contribution is 5.90. The average Bonchev–Trinajstić information content (AvgIpc) is 3.03. The summed E-state index contributed by atoms with van der Waals surface area (Å²) in [5.74, 6) is 1.30. The van der Waals surface area contributed by atoms with Crippen molar-refractivity contribution in [3.8, 4) is 0 Å². The molecule has 0 bridgehead atoms. The minimum Gasteiger partial charge on any atom is -0.455 e. The first kappa shape index (κ1) is 17.5. The molecule has 0 unspecified atom stereocenters. The average molecular weight is 336 g/mol. The number of nitrogens with zero attached hydrogens (tertiary/aromatic N) is 1. The molecule has 2 heterocycles. The zero-order valence-electron chi connectivity index (χ0n) is 14.7.